The van der Waals surface area contributed by atoms with Crippen LogP contribution in [0.25, 0.3) is 0 Å². The van der Waals surface area contributed by atoms with E-state index in [-0.39, 0.29) is 5.75 Å². The molecule has 0 heterocycles. The highest BCUT2D eigenvalue weighted by Gasteiger charge is 1.85. The molecule has 4 heteroatoms. The summed E-state index contributed by atoms with van der Waals surface area (Å²) in [6, 6.07) is 0. The molecule has 3 nitrogen and oxygen atoms in total. The maximum Gasteiger partial charge on any atom is 0.140 e. The number of hydrogen-bond donors (Lipinski definition) is 2. The summed E-state index contributed by atoms with van der Waals surface area (Å²) in [4.78, 5) is 0. The third-order valence-corrected chi connectivity index (χ3v) is 1.48. The first-order chi connectivity index (χ1) is 3.77. The maximum absolute atomic E-state index is 9.87. The van der Waals surface area contributed by atoms with Gasteiger partial charge in [-0.1, -0.05) is 0 Å². The highest BCUT2D eigenvalue weighted by Crippen LogP contribution is 1.83. The maximum atomic E-state index is 9.87. The van der Waals surface area contributed by atoms with Crippen molar-refractivity contribution in [2.24, 2.45) is 5.73 Å². The van der Waals surface area contributed by atoms with E-state index in [1.807, 2.05) is 0 Å². The smallest absolute Gasteiger partial charge is 0.140 e. The molecule has 0 atom stereocenters. The average molecular weight is 137 g/mol. The van der Waals surface area contributed by atoms with Crippen molar-refractivity contribution in [2.75, 3.05) is 12.3 Å². The summed E-state index contributed by atoms with van der Waals surface area (Å²) in [5.41, 5.74) is 5.12. The molecule has 0 aromatic rings. The van der Waals surface area contributed by atoms with Crippen molar-refractivity contribution in [3.05, 3.63) is 0 Å². The summed E-state index contributed by atoms with van der Waals surface area (Å²) in [6.07, 6.45) is 1.51. The summed E-state index contributed by atoms with van der Waals surface area (Å²) in [5, 5.41) is 0. The van der Waals surface area contributed by atoms with Gasteiger partial charge in [0.25, 0.3) is 0 Å². The number of unbranched alkanes of at least 4 members (excludes halogenated alkanes) is 1. The predicted molar refractivity (Wildman–Crippen MR) is 33.5 cm³/mol. The lowest BCUT2D eigenvalue weighted by atomic mass is 10.3. The first kappa shape index (κ1) is 7.91. The minimum Gasteiger partial charge on any atom is -0.330 e. The molecule has 0 saturated heterocycles. The first-order valence-electron chi connectivity index (χ1n) is 2.59. The molecule has 0 spiro atoms. The molecule has 0 radical (unpaired) electrons. The Balaban J connectivity index is 2.94. The van der Waals surface area contributed by atoms with Crippen LogP contribution in [-0.4, -0.2) is 20.7 Å². The van der Waals surface area contributed by atoms with Gasteiger partial charge in [-0.25, -0.2) is 8.42 Å². The van der Waals surface area contributed by atoms with Crippen molar-refractivity contribution in [3.63, 3.8) is 0 Å². The second-order valence-corrected chi connectivity index (χ2v) is 2.66. The molecule has 0 saturated carbocycles. The van der Waals surface area contributed by atoms with Crippen molar-refractivity contribution < 1.29 is 8.42 Å². The van der Waals surface area contributed by atoms with Gasteiger partial charge in [-0.05, 0) is 19.4 Å². The fourth-order valence-electron chi connectivity index (χ4n) is 0.385. The van der Waals surface area contributed by atoms with Crippen LogP contribution >= 0.6 is 0 Å². The molecule has 0 rings (SSSR count). The van der Waals surface area contributed by atoms with Gasteiger partial charge in [0, 0.05) is 5.75 Å². The van der Waals surface area contributed by atoms with Gasteiger partial charge in [-0.3, -0.25) is 0 Å². The highest BCUT2D eigenvalue weighted by molar-refractivity contribution is 7.72. The lowest BCUT2D eigenvalue weighted by molar-refractivity contribution is 0.610. The molecule has 0 unspecified atom stereocenters. The Hall–Kier alpha value is -0.0900. The van der Waals surface area contributed by atoms with Crippen LogP contribution in [0, 0.1) is 0 Å². The SMILES string of the molecule is NCCCC[SH](=O)=O. The van der Waals surface area contributed by atoms with Gasteiger partial charge in [0.1, 0.15) is 10.7 Å². The van der Waals surface area contributed by atoms with Crippen LogP contribution in [-0.2, 0) is 10.7 Å². The Morgan fingerprint density at radius 1 is 1.25 bits per heavy atom. The van der Waals surface area contributed by atoms with Gasteiger partial charge < -0.3 is 5.73 Å². The minimum absolute atomic E-state index is 0.284. The Labute approximate surface area is 50.8 Å². The van der Waals surface area contributed by atoms with Crippen LogP contribution in [0.15, 0.2) is 0 Å². The molecule has 0 amide bonds. The zero-order valence-corrected chi connectivity index (χ0v) is 5.56. The second-order valence-electron chi connectivity index (χ2n) is 1.55. The Bertz CT molecular complexity index is 103. The fourth-order valence-corrected chi connectivity index (χ4v) is 0.867. The zero-order chi connectivity index (χ0) is 6.41. The summed E-state index contributed by atoms with van der Waals surface area (Å²) < 4.78 is 19.7. The van der Waals surface area contributed by atoms with E-state index in [9.17, 15) is 8.42 Å². The monoisotopic (exact) mass is 137 g/mol. The van der Waals surface area contributed by atoms with E-state index in [2.05, 4.69) is 0 Å². The summed E-state index contributed by atoms with van der Waals surface area (Å²) >= 11 is 0. The summed E-state index contributed by atoms with van der Waals surface area (Å²) in [6.45, 7) is 0.586. The van der Waals surface area contributed by atoms with Gasteiger partial charge >= 0.3 is 0 Å². The topological polar surface area (TPSA) is 60.2 Å². The van der Waals surface area contributed by atoms with E-state index in [4.69, 9.17) is 5.73 Å². The third-order valence-electron chi connectivity index (χ3n) is 0.795. The Kier molecular flexibility index (Phi) is 5.00. The molecule has 0 aliphatic rings. The molecule has 2 N–H and O–H groups in total. The van der Waals surface area contributed by atoms with Gasteiger partial charge in [-0.2, -0.15) is 0 Å². The van der Waals surface area contributed by atoms with Gasteiger partial charge in [-0.15, -0.1) is 0 Å². The van der Waals surface area contributed by atoms with Crippen molar-refractivity contribution in [1.29, 1.82) is 0 Å². The lowest BCUT2D eigenvalue weighted by Gasteiger charge is -1.87. The van der Waals surface area contributed by atoms with E-state index < -0.39 is 10.7 Å². The quantitative estimate of drug-likeness (QED) is 0.399. The van der Waals surface area contributed by atoms with Crippen molar-refractivity contribution in [2.45, 2.75) is 12.8 Å². The van der Waals surface area contributed by atoms with Gasteiger partial charge in [0.2, 0.25) is 0 Å². The number of rotatable bonds is 4. The number of hydrogen-bond acceptors (Lipinski definition) is 3. The largest absolute Gasteiger partial charge is 0.330 e. The highest BCUT2D eigenvalue weighted by atomic mass is 32.2. The van der Waals surface area contributed by atoms with Crippen LogP contribution in [0.1, 0.15) is 12.8 Å². The van der Waals surface area contributed by atoms with Crippen LogP contribution in [0.4, 0.5) is 0 Å². The minimum atomic E-state index is -2.17. The van der Waals surface area contributed by atoms with Crippen LogP contribution in [0.3, 0.4) is 0 Å². The lowest BCUT2D eigenvalue weighted by Crippen LogP contribution is -1.99. The first-order valence-corrected chi connectivity index (χ1v) is 3.95. The van der Waals surface area contributed by atoms with Gasteiger partial charge in [0.15, 0.2) is 0 Å². The normalized spacial score (nSPS) is 10.2. The molecule has 0 aliphatic carbocycles. The van der Waals surface area contributed by atoms with E-state index in [1.165, 1.54) is 0 Å². The fraction of sp³-hybridized carbons (Fsp3) is 1.00. The second kappa shape index (κ2) is 5.05. The average Bonchev–Trinajstić information content (AvgIpc) is 1.66. The van der Waals surface area contributed by atoms with Crippen molar-refractivity contribution in [1.82, 2.24) is 0 Å². The van der Waals surface area contributed by atoms with E-state index in [0.29, 0.717) is 13.0 Å². The standard InChI is InChI=1S/C4H11NO2S/c5-3-1-2-4-8(6)7/h8H,1-5H2. The van der Waals surface area contributed by atoms with E-state index >= 15 is 0 Å². The van der Waals surface area contributed by atoms with E-state index in [0.717, 1.165) is 6.42 Å². The zero-order valence-electron chi connectivity index (χ0n) is 4.67. The Morgan fingerprint density at radius 3 is 2.25 bits per heavy atom. The van der Waals surface area contributed by atoms with Crippen LogP contribution < -0.4 is 5.73 Å². The predicted octanol–water partition coefficient (Wildman–Crippen LogP) is -0.663. The van der Waals surface area contributed by atoms with Crippen LogP contribution in [0.5, 0.6) is 0 Å². The molecule has 8 heavy (non-hydrogen) atoms. The van der Waals surface area contributed by atoms with E-state index in [1.54, 1.807) is 0 Å². The molecule has 50 valence electrons. The van der Waals surface area contributed by atoms with Crippen molar-refractivity contribution in [3.8, 4) is 0 Å². The molecule has 0 aromatic carbocycles. The van der Waals surface area contributed by atoms with Crippen molar-refractivity contribution >= 4 is 10.7 Å². The van der Waals surface area contributed by atoms with Gasteiger partial charge in [0.05, 0.1) is 0 Å². The molecular weight excluding hydrogens is 126 g/mol. The molecule has 0 bridgehead atoms. The third kappa shape index (κ3) is 5.91. The molecular formula is C4H11NO2S. The number of nitrogens with two attached hydrogens (primary N) is 1. The Morgan fingerprint density at radius 2 is 1.88 bits per heavy atom. The molecule has 0 fully saturated rings. The molecule has 0 aromatic heterocycles. The van der Waals surface area contributed by atoms with Crippen LogP contribution in [0.2, 0.25) is 0 Å². The summed E-state index contributed by atoms with van der Waals surface area (Å²) in [5.74, 6) is 0.284. The summed E-state index contributed by atoms with van der Waals surface area (Å²) in [7, 11) is -2.17. The molecule has 0 aliphatic heterocycles. The number of thiol groups is 1.